The van der Waals surface area contributed by atoms with Crippen LogP contribution in [0.3, 0.4) is 0 Å². The molecule has 0 N–H and O–H groups in total. The molecule has 0 saturated carbocycles. The predicted octanol–water partition coefficient (Wildman–Crippen LogP) is 4.84. The Morgan fingerprint density at radius 3 is 2.70 bits per heavy atom. The van der Waals surface area contributed by atoms with Crippen LogP contribution in [-0.2, 0) is 0 Å². The standard InChI is InChI=1S/C16H13Cl2N3OS/c1-10-3-5-12(22-10)8-20-21-15(9-23-16(21)19-2)13-6-4-11(17)7-14(13)18/h3-9H,1-2H3/b19-16?,20-8-. The van der Waals surface area contributed by atoms with Crippen LogP contribution in [0, 0.1) is 6.92 Å². The quantitative estimate of drug-likeness (QED) is 0.612. The zero-order valence-corrected chi connectivity index (χ0v) is 14.8. The molecule has 4 nitrogen and oxygen atoms in total. The van der Waals surface area contributed by atoms with Gasteiger partial charge in [0, 0.05) is 23.0 Å². The van der Waals surface area contributed by atoms with Crippen molar-refractivity contribution in [2.45, 2.75) is 6.92 Å². The summed E-state index contributed by atoms with van der Waals surface area (Å²) >= 11 is 13.8. The molecule has 0 aliphatic rings. The van der Waals surface area contributed by atoms with Crippen LogP contribution in [0.25, 0.3) is 11.3 Å². The maximum Gasteiger partial charge on any atom is 0.205 e. The van der Waals surface area contributed by atoms with Crippen molar-refractivity contribution in [3.8, 4) is 11.3 Å². The molecular formula is C16H13Cl2N3OS. The maximum absolute atomic E-state index is 6.31. The highest BCUT2D eigenvalue weighted by molar-refractivity contribution is 7.07. The lowest BCUT2D eigenvalue weighted by Gasteiger charge is -2.05. The van der Waals surface area contributed by atoms with E-state index in [-0.39, 0.29) is 0 Å². The molecule has 2 heterocycles. The first-order valence-electron chi connectivity index (χ1n) is 6.78. The molecule has 0 atom stereocenters. The van der Waals surface area contributed by atoms with Gasteiger partial charge >= 0.3 is 0 Å². The Morgan fingerprint density at radius 1 is 1.22 bits per heavy atom. The van der Waals surface area contributed by atoms with Crippen molar-refractivity contribution < 1.29 is 4.42 Å². The lowest BCUT2D eigenvalue weighted by atomic mass is 10.2. The molecule has 0 aliphatic heterocycles. The second-order valence-corrected chi connectivity index (χ2v) is 6.44. The Morgan fingerprint density at radius 2 is 2.04 bits per heavy atom. The van der Waals surface area contributed by atoms with Crippen molar-refractivity contribution >= 4 is 40.8 Å². The number of thiazole rings is 1. The summed E-state index contributed by atoms with van der Waals surface area (Å²) in [6, 6.07) is 9.14. The third kappa shape index (κ3) is 3.42. The van der Waals surface area contributed by atoms with E-state index in [1.807, 2.05) is 30.5 Å². The molecule has 0 spiro atoms. The fraction of sp³-hybridized carbons (Fsp3) is 0.125. The van der Waals surface area contributed by atoms with Gasteiger partial charge in [0.1, 0.15) is 11.5 Å². The molecule has 1 aromatic carbocycles. The number of hydrogen-bond acceptors (Lipinski definition) is 4. The fourth-order valence-corrected chi connectivity index (χ4v) is 3.38. The molecule has 23 heavy (non-hydrogen) atoms. The third-order valence-electron chi connectivity index (χ3n) is 3.15. The monoisotopic (exact) mass is 365 g/mol. The molecule has 2 aromatic heterocycles. The largest absolute Gasteiger partial charge is 0.460 e. The minimum absolute atomic E-state index is 0.566. The van der Waals surface area contributed by atoms with Crippen molar-refractivity contribution in [1.82, 2.24) is 4.68 Å². The van der Waals surface area contributed by atoms with E-state index >= 15 is 0 Å². The summed E-state index contributed by atoms with van der Waals surface area (Å²) in [5, 5.41) is 7.60. The van der Waals surface area contributed by atoms with Crippen LogP contribution in [-0.4, -0.2) is 17.9 Å². The van der Waals surface area contributed by atoms with Gasteiger partial charge in [0.25, 0.3) is 0 Å². The Hall–Kier alpha value is -1.82. The van der Waals surface area contributed by atoms with Crippen molar-refractivity contribution in [2.24, 2.45) is 10.1 Å². The predicted molar refractivity (Wildman–Crippen MR) is 95.7 cm³/mol. The first-order valence-corrected chi connectivity index (χ1v) is 8.41. The van der Waals surface area contributed by atoms with E-state index in [2.05, 4.69) is 10.1 Å². The molecule has 0 saturated heterocycles. The van der Waals surface area contributed by atoms with Crippen LogP contribution in [0.5, 0.6) is 0 Å². The summed E-state index contributed by atoms with van der Waals surface area (Å²) in [4.78, 5) is 5.00. The van der Waals surface area contributed by atoms with Gasteiger partial charge in [0.05, 0.1) is 16.9 Å². The highest BCUT2D eigenvalue weighted by Crippen LogP contribution is 2.30. The normalized spacial score (nSPS) is 12.4. The van der Waals surface area contributed by atoms with Gasteiger partial charge in [-0.1, -0.05) is 23.2 Å². The first-order chi connectivity index (χ1) is 11.1. The molecule has 0 aliphatic carbocycles. The zero-order chi connectivity index (χ0) is 16.4. The van der Waals surface area contributed by atoms with E-state index in [9.17, 15) is 0 Å². The summed E-state index contributed by atoms with van der Waals surface area (Å²) in [7, 11) is 1.72. The average Bonchev–Trinajstić information content (AvgIpc) is 3.11. The maximum atomic E-state index is 6.31. The lowest BCUT2D eigenvalue weighted by molar-refractivity contribution is 0.527. The number of aromatic nitrogens is 1. The van der Waals surface area contributed by atoms with Gasteiger partial charge in [-0.3, -0.25) is 4.99 Å². The summed E-state index contributed by atoms with van der Waals surface area (Å²) in [6.45, 7) is 1.89. The highest BCUT2D eigenvalue weighted by Gasteiger charge is 2.11. The summed E-state index contributed by atoms with van der Waals surface area (Å²) in [5.41, 5.74) is 1.69. The number of halogens is 2. The van der Waals surface area contributed by atoms with Gasteiger partial charge in [0.15, 0.2) is 0 Å². The van der Waals surface area contributed by atoms with E-state index < -0.39 is 0 Å². The number of rotatable bonds is 3. The number of nitrogens with zero attached hydrogens (tertiary/aromatic N) is 3. The Balaban J connectivity index is 2.09. The van der Waals surface area contributed by atoms with E-state index in [4.69, 9.17) is 27.6 Å². The van der Waals surface area contributed by atoms with Crippen molar-refractivity contribution in [2.75, 3.05) is 7.05 Å². The number of hydrogen-bond donors (Lipinski definition) is 0. The van der Waals surface area contributed by atoms with Crippen molar-refractivity contribution in [3.05, 3.63) is 62.1 Å². The molecule has 118 valence electrons. The minimum Gasteiger partial charge on any atom is -0.460 e. The summed E-state index contributed by atoms with van der Waals surface area (Å²) in [5.74, 6) is 1.51. The second kappa shape index (κ2) is 6.74. The molecule has 7 heteroatoms. The van der Waals surface area contributed by atoms with Gasteiger partial charge in [-0.15, -0.1) is 11.3 Å². The van der Waals surface area contributed by atoms with Gasteiger partial charge in [-0.2, -0.15) is 5.10 Å². The highest BCUT2D eigenvalue weighted by atomic mass is 35.5. The topological polar surface area (TPSA) is 42.8 Å². The van der Waals surface area contributed by atoms with Crippen LogP contribution in [0.4, 0.5) is 0 Å². The Bertz CT molecular complexity index is 937. The summed E-state index contributed by atoms with van der Waals surface area (Å²) < 4.78 is 7.24. The molecule has 3 rings (SSSR count). The third-order valence-corrected chi connectivity index (χ3v) is 4.60. The van der Waals surface area contributed by atoms with Gasteiger partial charge in [-0.25, -0.2) is 4.68 Å². The molecular weight excluding hydrogens is 353 g/mol. The van der Waals surface area contributed by atoms with E-state index in [0.717, 1.165) is 21.8 Å². The summed E-state index contributed by atoms with van der Waals surface area (Å²) in [6.07, 6.45) is 1.65. The molecule has 0 unspecified atom stereocenters. The van der Waals surface area contributed by atoms with Crippen LogP contribution < -0.4 is 4.80 Å². The molecule has 0 amide bonds. The second-order valence-electron chi connectivity index (χ2n) is 4.76. The van der Waals surface area contributed by atoms with E-state index in [1.54, 1.807) is 30.1 Å². The first kappa shape index (κ1) is 16.1. The lowest BCUT2D eigenvalue weighted by Crippen LogP contribution is -2.11. The van der Waals surface area contributed by atoms with Gasteiger partial charge in [-0.05, 0) is 37.3 Å². The number of aryl methyl sites for hydroxylation is 1. The van der Waals surface area contributed by atoms with E-state index in [0.29, 0.717) is 15.8 Å². The molecule has 0 fully saturated rings. The van der Waals surface area contributed by atoms with E-state index in [1.165, 1.54) is 11.3 Å². The zero-order valence-electron chi connectivity index (χ0n) is 12.5. The average molecular weight is 366 g/mol. The minimum atomic E-state index is 0.566. The molecule has 0 bridgehead atoms. The van der Waals surface area contributed by atoms with Crippen molar-refractivity contribution in [3.63, 3.8) is 0 Å². The van der Waals surface area contributed by atoms with Gasteiger partial charge in [0.2, 0.25) is 4.80 Å². The molecule has 0 radical (unpaired) electrons. The Kier molecular flexibility index (Phi) is 4.71. The molecule has 3 aromatic rings. The van der Waals surface area contributed by atoms with Crippen LogP contribution >= 0.6 is 34.5 Å². The SMILES string of the molecule is CN=c1scc(-c2ccc(Cl)cc2Cl)n1/N=C\c1ccc(C)o1. The van der Waals surface area contributed by atoms with Crippen molar-refractivity contribution in [1.29, 1.82) is 0 Å². The van der Waals surface area contributed by atoms with Crippen LogP contribution in [0.2, 0.25) is 10.0 Å². The number of benzene rings is 1. The van der Waals surface area contributed by atoms with Crippen LogP contribution in [0.15, 0.2) is 50.2 Å². The number of furan rings is 1. The van der Waals surface area contributed by atoms with Gasteiger partial charge < -0.3 is 4.42 Å². The Labute approximate surface area is 147 Å². The smallest absolute Gasteiger partial charge is 0.205 e. The fourth-order valence-electron chi connectivity index (χ4n) is 2.08. The van der Waals surface area contributed by atoms with Crippen LogP contribution in [0.1, 0.15) is 11.5 Å².